The van der Waals surface area contributed by atoms with Crippen LogP contribution >= 0.6 is 0 Å². The predicted molar refractivity (Wildman–Crippen MR) is 72.1 cm³/mol. The summed E-state index contributed by atoms with van der Waals surface area (Å²) in [6.07, 6.45) is 1.48. The van der Waals surface area contributed by atoms with Gasteiger partial charge in [-0.1, -0.05) is 26.0 Å². The van der Waals surface area contributed by atoms with Crippen molar-refractivity contribution in [2.45, 2.75) is 26.7 Å². The molecular formula is C15H15N3O. The normalized spacial score (nSPS) is 10.3. The van der Waals surface area contributed by atoms with E-state index in [2.05, 4.69) is 30.1 Å². The van der Waals surface area contributed by atoms with Gasteiger partial charge in [-0.05, 0) is 36.1 Å². The fraction of sp³-hybridized carbons (Fsp3) is 0.267. The van der Waals surface area contributed by atoms with Gasteiger partial charge in [-0.2, -0.15) is 10.4 Å². The first-order valence-corrected chi connectivity index (χ1v) is 6.12. The Kier molecular flexibility index (Phi) is 3.76. The van der Waals surface area contributed by atoms with E-state index in [-0.39, 0.29) is 5.88 Å². The van der Waals surface area contributed by atoms with E-state index >= 15 is 0 Å². The molecule has 1 aromatic carbocycles. The van der Waals surface area contributed by atoms with Crippen molar-refractivity contribution in [3.63, 3.8) is 0 Å². The van der Waals surface area contributed by atoms with E-state index < -0.39 is 0 Å². The van der Waals surface area contributed by atoms with Gasteiger partial charge in [-0.25, -0.2) is 0 Å². The zero-order chi connectivity index (χ0) is 13.8. The molecule has 2 rings (SSSR count). The van der Waals surface area contributed by atoms with Crippen LogP contribution in [0.2, 0.25) is 0 Å². The van der Waals surface area contributed by atoms with Crippen LogP contribution in [0.1, 0.15) is 36.5 Å². The van der Waals surface area contributed by atoms with Gasteiger partial charge in [0.2, 0.25) is 0 Å². The van der Waals surface area contributed by atoms with Gasteiger partial charge in [-0.15, -0.1) is 5.10 Å². The van der Waals surface area contributed by atoms with Gasteiger partial charge in [0.15, 0.2) is 0 Å². The smallest absolute Gasteiger partial charge is 0.256 e. The van der Waals surface area contributed by atoms with Crippen molar-refractivity contribution in [2.75, 3.05) is 0 Å². The second-order valence-electron chi connectivity index (χ2n) is 4.66. The Balaban J connectivity index is 2.43. The number of nitrogens with zero attached hydrogens (tertiary/aromatic N) is 3. The molecule has 0 saturated heterocycles. The van der Waals surface area contributed by atoms with Crippen LogP contribution in [0, 0.1) is 18.3 Å². The average molecular weight is 253 g/mol. The Hall–Kier alpha value is -2.41. The third-order valence-electron chi connectivity index (χ3n) is 2.80. The minimum absolute atomic E-state index is 0.248. The summed E-state index contributed by atoms with van der Waals surface area (Å²) in [5.74, 6) is 1.31. The van der Waals surface area contributed by atoms with Gasteiger partial charge in [0.05, 0.1) is 6.20 Å². The highest BCUT2D eigenvalue weighted by molar-refractivity contribution is 5.44. The highest BCUT2D eigenvalue weighted by Gasteiger charge is 2.12. The maximum absolute atomic E-state index is 9.03. The monoisotopic (exact) mass is 253 g/mol. The summed E-state index contributed by atoms with van der Waals surface area (Å²) in [6.45, 7) is 6.19. The summed E-state index contributed by atoms with van der Waals surface area (Å²) in [6, 6.07) is 9.68. The van der Waals surface area contributed by atoms with Crippen molar-refractivity contribution in [3.8, 4) is 17.7 Å². The second-order valence-corrected chi connectivity index (χ2v) is 4.66. The van der Waals surface area contributed by atoms with Gasteiger partial charge >= 0.3 is 0 Å². The molecule has 0 unspecified atom stereocenters. The van der Waals surface area contributed by atoms with Gasteiger partial charge in [-0.3, -0.25) is 0 Å². The average Bonchev–Trinajstić information content (AvgIpc) is 2.39. The van der Waals surface area contributed by atoms with E-state index in [1.807, 2.05) is 25.1 Å². The summed E-state index contributed by atoms with van der Waals surface area (Å²) >= 11 is 0. The Morgan fingerprint density at radius 3 is 2.74 bits per heavy atom. The number of benzene rings is 1. The van der Waals surface area contributed by atoms with Gasteiger partial charge in [0.1, 0.15) is 17.4 Å². The van der Waals surface area contributed by atoms with E-state index in [1.165, 1.54) is 6.20 Å². The maximum atomic E-state index is 9.03. The number of ether oxygens (including phenoxy) is 1. The highest BCUT2D eigenvalue weighted by atomic mass is 16.5. The van der Waals surface area contributed by atoms with Crippen LogP contribution in [-0.2, 0) is 0 Å². The number of aryl methyl sites for hydroxylation is 1. The number of nitriles is 1. The van der Waals surface area contributed by atoms with Crippen molar-refractivity contribution in [2.24, 2.45) is 0 Å². The Bertz CT molecular complexity index is 630. The fourth-order valence-corrected chi connectivity index (χ4v) is 1.79. The SMILES string of the molecule is Cc1ccc(C(C)C)c(Oc2nnccc2C#N)c1. The molecule has 0 N–H and O–H groups in total. The number of aromatic nitrogens is 2. The maximum Gasteiger partial charge on any atom is 0.256 e. The first kappa shape index (κ1) is 13.0. The van der Waals surface area contributed by atoms with Crippen LogP contribution in [0.5, 0.6) is 11.6 Å². The van der Waals surface area contributed by atoms with E-state index in [4.69, 9.17) is 10.00 Å². The Morgan fingerprint density at radius 1 is 1.26 bits per heavy atom. The molecule has 0 fully saturated rings. The lowest BCUT2D eigenvalue weighted by Crippen LogP contribution is -1.98. The molecule has 19 heavy (non-hydrogen) atoms. The van der Waals surface area contributed by atoms with E-state index in [0.717, 1.165) is 16.9 Å². The summed E-state index contributed by atoms with van der Waals surface area (Å²) in [7, 11) is 0. The van der Waals surface area contributed by atoms with Crippen molar-refractivity contribution in [3.05, 3.63) is 47.2 Å². The van der Waals surface area contributed by atoms with E-state index in [1.54, 1.807) is 6.07 Å². The molecule has 1 aromatic heterocycles. The van der Waals surface area contributed by atoms with Crippen LogP contribution < -0.4 is 4.74 Å². The third-order valence-corrected chi connectivity index (χ3v) is 2.80. The molecule has 0 atom stereocenters. The quantitative estimate of drug-likeness (QED) is 0.839. The highest BCUT2D eigenvalue weighted by Crippen LogP contribution is 2.31. The van der Waals surface area contributed by atoms with Crippen molar-refractivity contribution < 1.29 is 4.74 Å². The number of hydrogen-bond donors (Lipinski definition) is 0. The Labute approximate surface area is 112 Å². The molecule has 0 aliphatic heterocycles. The lowest BCUT2D eigenvalue weighted by molar-refractivity contribution is 0.445. The molecule has 1 heterocycles. The molecular weight excluding hydrogens is 238 g/mol. The number of rotatable bonds is 3. The molecule has 0 bridgehead atoms. The minimum Gasteiger partial charge on any atom is -0.436 e. The van der Waals surface area contributed by atoms with Crippen LogP contribution in [0.25, 0.3) is 0 Å². The molecule has 0 radical (unpaired) electrons. The molecule has 4 heteroatoms. The molecule has 0 aliphatic carbocycles. The molecule has 0 saturated carbocycles. The first-order chi connectivity index (χ1) is 9.11. The van der Waals surface area contributed by atoms with Crippen molar-refractivity contribution in [1.82, 2.24) is 10.2 Å². The van der Waals surface area contributed by atoms with Gasteiger partial charge in [0, 0.05) is 0 Å². The van der Waals surface area contributed by atoms with Gasteiger partial charge in [0.25, 0.3) is 5.88 Å². The van der Waals surface area contributed by atoms with Crippen molar-refractivity contribution in [1.29, 1.82) is 5.26 Å². The summed E-state index contributed by atoms with van der Waals surface area (Å²) < 4.78 is 5.78. The summed E-state index contributed by atoms with van der Waals surface area (Å²) in [5, 5.41) is 16.7. The van der Waals surface area contributed by atoms with Crippen LogP contribution in [-0.4, -0.2) is 10.2 Å². The standard InChI is InChI=1S/C15H15N3O/c1-10(2)13-5-4-11(3)8-14(13)19-15-12(9-16)6-7-17-18-15/h4-8,10H,1-3H3. The zero-order valence-electron chi connectivity index (χ0n) is 11.2. The van der Waals surface area contributed by atoms with E-state index in [0.29, 0.717) is 11.5 Å². The lowest BCUT2D eigenvalue weighted by atomic mass is 10.0. The molecule has 2 aromatic rings. The molecule has 0 spiro atoms. The Morgan fingerprint density at radius 2 is 2.05 bits per heavy atom. The predicted octanol–water partition coefficient (Wildman–Crippen LogP) is 3.57. The van der Waals surface area contributed by atoms with Crippen LogP contribution in [0.15, 0.2) is 30.5 Å². The van der Waals surface area contributed by atoms with Gasteiger partial charge < -0.3 is 4.74 Å². The first-order valence-electron chi connectivity index (χ1n) is 6.12. The largest absolute Gasteiger partial charge is 0.436 e. The third kappa shape index (κ3) is 2.89. The topological polar surface area (TPSA) is 58.8 Å². The van der Waals surface area contributed by atoms with Crippen LogP contribution in [0.4, 0.5) is 0 Å². The van der Waals surface area contributed by atoms with Crippen molar-refractivity contribution >= 4 is 0 Å². The fourth-order valence-electron chi connectivity index (χ4n) is 1.79. The summed E-state index contributed by atoms with van der Waals surface area (Å²) in [5.41, 5.74) is 2.56. The molecule has 0 aliphatic rings. The zero-order valence-corrected chi connectivity index (χ0v) is 11.2. The molecule has 96 valence electrons. The second kappa shape index (κ2) is 5.49. The molecule has 4 nitrogen and oxygen atoms in total. The van der Waals surface area contributed by atoms with E-state index in [9.17, 15) is 0 Å². The summed E-state index contributed by atoms with van der Waals surface area (Å²) in [4.78, 5) is 0. The lowest BCUT2D eigenvalue weighted by Gasteiger charge is -2.14. The minimum atomic E-state index is 0.248. The molecule has 0 amide bonds. The number of hydrogen-bond acceptors (Lipinski definition) is 4. The van der Waals surface area contributed by atoms with Crippen LogP contribution in [0.3, 0.4) is 0 Å².